The summed E-state index contributed by atoms with van der Waals surface area (Å²) in [5, 5.41) is 5.31. The first-order valence-electron chi connectivity index (χ1n) is 8.79. The third-order valence-corrected chi connectivity index (χ3v) is 5.82. The van der Waals surface area contributed by atoms with Crippen LogP contribution in [0.4, 0.5) is 0 Å². The largest absolute Gasteiger partial charge is 0.379 e. The van der Waals surface area contributed by atoms with Crippen LogP contribution in [0.2, 0.25) is 0 Å². The summed E-state index contributed by atoms with van der Waals surface area (Å²) >= 11 is 1.75. The number of benzene rings is 1. The Bertz CT molecular complexity index is 708. The minimum Gasteiger partial charge on any atom is -0.379 e. The van der Waals surface area contributed by atoms with Crippen LogP contribution in [0.15, 0.2) is 35.7 Å². The summed E-state index contributed by atoms with van der Waals surface area (Å²) < 4.78 is 5.50. The molecule has 1 saturated heterocycles. The van der Waals surface area contributed by atoms with Gasteiger partial charge in [-0.3, -0.25) is 9.69 Å². The van der Waals surface area contributed by atoms with Crippen molar-refractivity contribution in [1.82, 2.24) is 10.2 Å². The van der Waals surface area contributed by atoms with E-state index in [-0.39, 0.29) is 18.0 Å². The number of morpholine rings is 1. The summed E-state index contributed by atoms with van der Waals surface area (Å²) in [4.78, 5) is 16.4. The van der Waals surface area contributed by atoms with E-state index < -0.39 is 0 Å². The highest BCUT2D eigenvalue weighted by atomic mass is 32.1. The van der Waals surface area contributed by atoms with E-state index in [1.165, 1.54) is 10.4 Å². The van der Waals surface area contributed by atoms with E-state index in [9.17, 15) is 4.79 Å². The first-order valence-corrected chi connectivity index (χ1v) is 9.67. The maximum Gasteiger partial charge on any atom is 0.251 e. The lowest BCUT2D eigenvalue weighted by Gasteiger charge is -2.37. The Balaban J connectivity index is 1.76. The molecule has 5 heteroatoms. The van der Waals surface area contributed by atoms with Crippen LogP contribution in [0.25, 0.3) is 0 Å². The van der Waals surface area contributed by atoms with E-state index in [1.54, 1.807) is 11.3 Å². The van der Waals surface area contributed by atoms with Gasteiger partial charge in [0.05, 0.1) is 19.3 Å². The van der Waals surface area contributed by atoms with Crippen molar-refractivity contribution in [2.24, 2.45) is 0 Å². The van der Waals surface area contributed by atoms with Gasteiger partial charge in [-0.05, 0) is 55.5 Å². The van der Waals surface area contributed by atoms with Crippen LogP contribution in [0.1, 0.15) is 39.3 Å². The summed E-state index contributed by atoms with van der Waals surface area (Å²) in [6.07, 6.45) is 0. The number of ether oxygens (including phenoxy) is 1. The Hall–Kier alpha value is -1.69. The SMILES string of the molecule is Cc1ccc(C(=O)N[C@H](C)[C@H](c2cccs2)N2CCOCC2)cc1C. The number of thiophene rings is 1. The third-order valence-electron chi connectivity index (χ3n) is 4.88. The van der Waals surface area contributed by atoms with Gasteiger partial charge in [-0.25, -0.2) is 0 Å². The van der Waals surface area contributed by atoms with Crippen LogP contribution in [0.3, 0.4) is 0 Å². The van der Waals surface area contributed by atoms with E-state index in [2.05, 4.69) is 41.6 Å². The molecule has 1 aromatic carbocycles. The van der Waals surface area contributed by atoms with Gasteiger partial charge in [0, 0.05) is 29.6 Å². The van der Waals surface area contributed by atoms with E-state index in [0.29, 0.717) is 0 Å². The van der Waals surface area contributed by atoms with E-state index in [0.717, 1.165) is 37.4 Å². The number of carbonyl (C=O) groups excluding carboxylic acids is 1. The van der Waals surface area contributed by atoms with E-state index in [4.69, 9.17) is 4.74 Å². The highest BCUT2D eigenvalue weighted by Gasteiger charge is 2.29. The molecule has 0 saturated carbocycles. The third kappa shape index (κ3) is 4.29. The molecule has 1 N–H and O–H groups in total. The normalized spacial score (nSPS) is 17.9. The Morgan fingerprint density at radius 2 is 1.96 bits per heavy atom. The monoisotopic (exact) mass is 358 g/mol. The molecule has 1 fully saturated rings. The zero-order valence-electron chi connectivity index (χ0n) is 15.1. The highest BCUT2D eigenvalue weighted by Crippen LogP contribution is 2.29. The Kier molecular flexibility index (Phi) is 5.89. The van der Waals surface area contributed by atoms with Crippen molar-refractivity contribution in [2.45, 2.75) is 32.9 Å². The molecule has 4 nitrogen and oxygen atoms in total. The summed E-state index contributed by atoms with van der Waals surface area (Å²) in [6, 6.07) is 10.3. The smallest absolute Gasteiger partial charge is 0.251 e. The highest BCUT2D eigenvalue weighted by molar-refractivity contribution is 7.10. The van der Waals surface area contributed by atoms with E-state index >= 15 is 0 Å². The van der Waals surface area contributed by atoms with Gasteiger partial charge in [0.25, 0.3) is 5.91 Å². The van der Waals surface area contributed by atoms with Crippen LogP contribution < -0.4 is 5.32 Å². The van der Waals surface area contributed by atoms with Crippen molar-refractivity contribution in [3.05, 3.63) is 57.3 Å². The number of hydrogen-bond donors (Lipinski definition) is 1. The second-order valence-electron chi connectivity index (χ2n) is 6.67. The standard InChI is InChI=1S/C20H26N2O2S/c1-14-6-7-17(13-15(14)2)20(23)21-16(3)19(18-5-4-12-25-18)22-8-10-24-11-9-22/h4-7,12-13,16,19H,8-11H2,1-3H3,(H,21,23)/t16-,19-/m1/s1. The van der Waals surface area contributed by atoms with Crippen molar-refractivity contribution in [3.63, 3.8) is 0 Å². The van der Waals surface area contributed by atoms with Crippen LogP contribution in [-0.2, 0) is 4.74 Å². The Labute approximate surface area is 153 Å². The minimum atomic E-state index is -0.00887. The van der Waals surface area contributed by atoms with Crippen molar-refractivity contribution < 1.29 is 9.53 Å². The fourth-order valence-corrected chi connectivity index (χ4v) is 4.27. The van der Waals surface area contributed by atoms with Gasteiger partial charge in [-0.1, -0.05) is 12.1 Å². The van der Waals surface area contributed by atoms with Gasteiger partial charge >= 0.3 is 0 Å². The summed E-state index contributed by atoms with van der Waals surface area (Å²) in [7, 11) is 0. The predicted octanol–water partition coefficient (Wildman–Crippen LogP) is 3.56. The molecule has 0 unspecified atom stereocenters. The summed E-state index contributed by atoms with van der Waals surface area (Å²) in [6.45, 7) is 9.49. The minimum absolute atomic E-state index is 0.00887. The molecule has 2 heterocycles. The van der Waals surface area contributed by atoms with E-state index in [1.807, 2.05) is 25.1 Å². The molecule has 1 aliphatic heterocycles. The maximum atomic E-state index is 12.7. The van der Waals surface area contributed by atoms with Crippen molar-refractivity contribution in [3.8, 4) is 0 Å². The maximum absolute atomic E-state index is 12.7. The van der Waals surface area contributed by atoms with Crippen LogP contribution in [0.5, 0.6) is 0 Å². The topological polar surface area (TPSA) is 41.6 Å². The summed E-state index contributed by atoms with van der Waals surface area (Å²) in [5.74, 6) is -0.00887. The molecule has 2 atom stereocenters. The first kappa shape index (κ1) is 18.1. The summed E-state index contributed by atoms with van der Waals surface area (Å²) in [5.41, 5.74) is 3.07. The van der Waals surface area contributed by atoms with Crippen molar-refractivity contribution >= 4 is 17.2 Å². The second-order valence-corrected chi connectivity index (χ2v) is 7.65. The Morgan fingerprint density at radius 1 is 1.20 bits per heavy atom. The molecule has 2 aromatic rings. The van der Waals surface area contributed by atoms with Gasteiger partial charge in [-0.2, -0.15) is 0 Å². The fourth-order valence-electron chi connectivity index (χ4n) is 3.31. The Morgan fingerprint density at radius 3 is 2.60 bits per heavy atom. The first-order chi connectivity index (χ1) is 12.1. The molecule has 134 valence electrons. The van der Waals surface area contributed by atoms with Crippen LogP contribution >= 0.6 is 11.3 Å². The number of nitrogens with zero attached hydrogens (tertiary/aromatic N) is 1. The van der Waals surface area contributed by atoms with Crippen LogP contribution in [-0.4, -0.2) is 43.2 Å². The molecule has 1 amide bonds. The molecule has 1 aromatic heterocycles. The lowest BCUT2D eigenvalue weighted by atomic mass is 10.0. The molecule has 1 aliphatic rings. The van der Waals surface area contributed by atoms with Gasteiger partial charge in [0.1, 0.15) is 0 Å². The average Bonchev–Trinajstić information content (AvgIpc) is 3.12. The van der Waals surface area contributed by atoms with Crippen LogP contribution in [0, 0.1) is 13.8 Å². The lowest BCUT2D eigenvalue weighted by molar-refractivity contribution is 0.00969. The number of hydrogen-bond acceptors (Lipinski definition) is 4. The second kappa shape index (κ2) is 8.13. The van der Waals surface area contributed by atoms with Gasteiger partial charge < -0.3 is 10.1 Å². The molecule has 0 radical (unpaired) electrons. The molecular weight excluding hydrogens is 332 g/mol. The zero-order valence-corrected chi connectivity index (χ0v) is 15.9. The van der Waals surface area contributed by atoms with Gasteiger partial charge in [0.2, 0.25) is 0 Å². The number of amides is 1. The molecule has 25 heavy (non-hydrogen) atoms. The van der Waals surface area contributed by atoms with Gasteiger partial charge in [-0.15, -0.1) is 11.3 Å². The van der Waals surface area contributed by atoms with Gasteiger partial charge in [0.15, 0.2) is 0 Å². The molecule has 3 rings (SSSR count). The molecule has 0 bridgehead atoms. The zero-order chi connectivity index (χ0) is 17.8. The number of rotatable bonds is 5. The van der Waals surface area contributed by atoms with Crippen molar-refractivity contribution in [2.75, 3.05) is 26.3 Å². The quantitative estimate of drug-likeness (QED) is 0.889. The number of aryl methyl sites for hydroxylation is 2. The fraction of sp³-hybridized carbons (Fsp3) is 0.450. The molecular formula is C20H26N2O2S. The molecule has 0 spiro atoms. The van der Waals surface area contributed by atoms with Crippen molar-refractivity contribution in [1.29, 1.82) is 0 Å². The number of carbonyl (C=O) groups is 1. The lowest BCUT2D eigenvalue weighted by Crippen LogP contribution is -2.48. The number of nitrogens with one attached hydrogen (secondary N) is 1. The average molecular weight is 359 g/mol. The molecule has 0 aliphatic carbocycles. The predicted molar refractivity (Wildman–Crippen MR) is 102 cm³/mol.